The second-order valence-electron chi connectivity index (χ2n) is 6.96. The molecule has 0 unspecified atom stereocenters. The van der Waals surface area contributed by atoms with Gasteiger partial charge in [-0.05, 0) is 42.9 Å². The van der Waals surface area contributed by atoms with Gasteiger partial charge in [-0.2, -0.15) is 0 Å². The highest BCUT2D eigenvalue weighted by molar-refractivity contribution is 6.30. The Hall–Kier alpha value is -0.530. The lowest BCUT2D eigenvalue weighted by Gasteiger charge is -2.47. The van der Waals surface area contributed by atoms with E-state index in [1.807, 2.05) is 12.1 Å². The van der Waals surface area contributed by atoms with Crippen molar-refractivity contribution in [3.63, 3.8) is 0 Å². The predicted octanol–water partition coefficient (Wildman–Crippen LogP) is 5.13. The minimum atomic E-state index is 0.348. The van der Waals surface area contributed by atoms with E-state index in [0.29, 0.717) is 17.5 Å². The fraction of sp³-hybridized carbons (Fsp3) is 0.647. The van der Waals surface area contributed by atoms with Crippen LogP contribution in [0.15, 0.2) is 24.3 Å². The van der Waals surface area contributed by atoms with Gasteiger partial charge in [0.1, 0.15) is 0 Å². The molecule has 0 spiro atoms. The lowest BCUT2D eigenvalue weighted by molar-refractivity contribution is 0.0192. The summed E-state index contributed by atoms with van der Waals surface area (Å²) in [6.45, 7) is 10.5. The zero-order chi connectivity index (χ0) is 14.0. The van der Waals surface area contributed by atoms with Gasteiger partial charge in [0.15, 0.2) is 0 Å². The van der Waals surface area contributed by atoms with Crippen LogP contribution in [-0.2, 0) is 6.54 Å². The van der Waals surface area contributed by atoms with Crippen LogP contribution in [0.2, 0.25) is 5.02 Å². The van der Waals surface area contributed by atoms with Crippen molar-refractivity contribution in [2.24, 2.45) is 5.41 Å². The summed E-state index contributed by atoms with van der Waals surface area (Å²) >= 11 is 5.97. The zero-order valence-electron chi connectivity index (χ0n) is 12.6. The summed E-state index contributed by atoms with van der Waals surface area (Å²) in [6, 6.07) is 9.66. The summed E-state index contributed by atoms with van der Waals surface area (Å²) in [7, 11) is 0. The number of piperidine rings is 1. The molecule has 1 aromatic rings. The van der Waals surface area contributed by atoms with Crippen molar-refractivity contribution in [1.82, 2.24) is 4.90 Å². The van der Waals surface area contributed by atoms with Crippen molar-refractivity contribution in [3.8, 4) is 0 Å². The summed E-state index contributed by atoms with van der Waals surface area (Å²) in [5.74, 6) is 0. The maximum atomic E-state index is 5.97. The van der Waals surface area contributed by atoms with Gasteiger partial charge in [0.05, 0.1) is 0 Å². The van der Waals surface area contributed by atoms with Crippen LogP contribution < -0.4 is 0 Å². The van der Waals surface area contributed by atoms with Gasteiger partial charge in [0.25, 0.3) is 0 Å². The molecule has 0 amide bonds. The Morgan fingerprint density at radius 1 is 1.16 bits per heavy atom. The fourth-order valence-electron chi connectivity index (χ4n) is 3.24. The molecule has 0 saturated carbocycles. The first kappa shape index (κ1) is 14.9. The van der Waals surface area contributed by atoms with Gasteiger partial charge in [-0.3, -0.25) is 4.90 Å². The van der Waals surface area contributed by atoms with Crippen molar-refractivity contribution in [3.05, 3.63) is 34.9 Å². The fourth-order valence-corrected chi connectivity index (χ4v) is 3.37. The van der Waals surface area contributed by atoms with Crippen LogP contribution in [0.25, 0.3) is 0 Å². The second kappa shape index (κ2) is 5.85. The molecule has 1 aromatic carbocycles. The van der Waals surface area contributed by atoms with E-state index < -0.39 is 0 Å². The van der Waals surface area contributed by atoms with Crippen LogP contribution in [-0.4, -0.2) is 17.0 Å². The number of benzene rings is 1. The Balaban J connectivity index is 2.16. The van der Waals surface area contributed by atoms with Crippen molar-refractivity contribution in [1.29, 1.82) is 0 Å². The van der Waals surface area contributed by atoms with Crippen LogP contribution in [0, 0.1) is 5.41 Å². The van der Waals surface area contributed by atoms with Crippen molar-refractivity contribution in [2.45, 2.75) is 65.6 Å². The molecule has 2 heteroatoms. The number of hydrogen-bond donors (Lipinski definition) is 0. The zero-order valence-corrected chi connectivity index (χ0v) is 13.4. The number of halogens is 1. The number of nitrogens with zero attached hydrogens (tertiary/aromatic N) is 1. The minimum Gasteiger partial charge on any atom is -0.293 e. The molecule has 0 radical (unpaired) electrons. The maximum absolute atomic E-state index is 5.97. The van der Waals surface area contributed by atoms with E-state index in [1.54, 1.807) is 0 Å². The first-order valence-corrected chi connectivity index (χ1v) is 7.76. The number of rotatable bonds is 2. The highest BCUT2D eigenvalue weighted by Crippen LogP contribution is 2.35. The van der Waals surface area contributed by atoms with Gasteiger partial charge in [-0.1, -0.05) is 50.9 Å². The Morgan fingerprint density at radius 3 is 2.37 bits per heavy atom. The molecule has 0 aromatic heterocycles. The van der Waals surface area contributed by atoms with E-state index >= 15 is 0 Å². The van der Waals surface area contributed by atoms with Crippen LogP contribution in [0.5, 0.6) is 0 Å². The van der Waals surface area contributed by atoms with Crippen LogP contribution in [0.1, 0.15) is 52.5 Å². The Labute approximate surface area is 123 Å². The molecule has 2 rings (SSSR count). The van der Waals surface area contributed by atoms with Gasteiger partial charge in [-0.15, -0.1) is 0 Å². The second-order valence-corrected chi connectivity index (χ2v) is 7.40. The molecule has 0 N–H and O–H groups in total. The van der Waals surface area contributed by atoms with Crippen LogP contribution >= 0.6 is 11.6 Å². The molecule has 2 atom stereocenters. The average molecular weight is 280 g/mol. The Kier molecular flexibility index (Phi) is 4.58. The van der Waals surface area contributed by atoms with Crippen LogP contribution in [0.4, 0.5) is 0 Å². The molecule has 1 heterocycles. The van der Waals surface area contributed by atoms with Gasteiger partial charge in [0.2, 0.25) is 0 Å². The van der Waals surface area contributed by atoms with Gasteiger partial charge in [-0.25, -0.2) is 0 Å². The normalized spacial score (nSPS) is 25.5. The standard InChI is InChI=1S/C17H26ClN/c1-13-6-5-7-16(17(2,3)4)19(13)12-14-8-10-15(18)11-9-14/h8-11,13,16H,5-7,12H2,1-4H3/t13-,16-/m1/s1. The molecule has 1 fully saturated rings. The molecule has 106 valence electrons. The molecule has 0 bridgehead atoms. The summed E-state index contributed by atoms with van der Waals surface area (Å²) in [4.78, 5) is 2.69. The quantitative estimate of drug-likeness (QED) is 0.725. The molecular weight excluding hydrogens is 254 g/mol. The molecular formula is C17H26ClN. The molecule has 1 aliphatic heterocycles. The molecule has 0 aliphatic carbocycles. The molecule has 19 heavy (non-hydrogen) atoms. The van der Waals surface area contributed by atoms with Crippen LogP contribution in [0.3, 0.4) is 0 Å². The van der Waals surface area contributed by atoms with E-state index in [4.69, 9.17) is 11.6 Å². The smallest absolute Gasteiger partial charge is 0.0406 e. The first-order chi connectivity index (χ1) is 8.88. The van der Waals surface area contributed by atoms with Gasteiger partial charge < -0.3 is 0 Å². The number of likely N-dealkylation sites (tertiary alicyclic amines) is 1. The third-order valence-corrected chi connectivity index (χ3v) is 4.60. The third kappa shape index (κ3) is 3.73. The van der Waals surface area contributed by atoms with Crippen molar-refractivity contribution in [2.75, 3.05) is 0 Å². The summed E-state index contributed by atoms with van der Waals surface area (Å²) in [5, 5.41) is 0.822. The van der Waals surface area contributed by atoms with E-state index in [2.05, 4.69) is 44.7 Å². The Morgan fingerprint density at radius 2 is 1.79 bits per heavy atom. The van der Waals surface area contributed by atoms with E-state index in [1.165, 1.54) is 24.8 Å². The van der Waals surface area contributed by atoms with Crippen molar-refractivity contribution >= 4 is 11.6 Å². The maximum Gasteiger partial charge on any atom is 0.0406 e. The molecule has 1 aliphatic rings. The monoisotopic (exact) mass is 279 g/mol. The lowest BCUT2D eigenvalue weighted by Crippen LogP contribution is -2.50. The molecule has 1 nitrogen and oxygen atoms in total. The third-order valence-electron chi connectivity index (χ3n) is 4.34. The largest absolute Gasteiger partial charge is 0.293 e. The first-order valence-electron chi connectivity index (χ1n) is 7.38. The number of hydrogen-bond acceptors (Lipinski definition) is 1. The topological polar surface area (TPSA) is 3.24 Å². The molecule has 1 saturated heterocycles. The minimum absolute atomic E-state index is 0.348. The summed E-state index contributed by atoms with van der Waals surface area (Å²) in [6.07, 6.45) is 4.00. The van der Waals surface area contributed by atoms with E-state index in [9.17, 15) is 0 Å². The summed E-state index contributed by atoms with van der Waals surface area (Å²) in [5.41, 5.74) is 1.72. The van der Waals surface area contributed by atoms with Crippen molar-refractivity contribution < 1.29 is 0 Å². The van der Waals surface area contributed by atoms with E-state index in [0.717, 1.165) is 11.6 Å². The van der Waals surface area contributed by atoms with Gasteiger partial charge in [0, 0.05) is 23.7 Å². The highest BCUT2D eigenvalue weighted by atomic mass is 35.5. The SMILES string of the molecule is C[C@@H]1CCC[C@H](C(C)(C)C)N1Cc1ccc(Cl)cc1. The predicted molar refractivity (Wildman–Crippen MR) is 83.6 cm³/mol. The average Bonchev–Trinajstić information content (AvgIpc) is 2.33. The Bertz CT molecular complexity index is 404. The highest BCUT2D eigenvalue weighted by Gasteiger charge is 2.35. The van der Waals surface area contributed by atoms with Gasteiger partial charge >= 0.3 is 0 Å². The van der Waals surface area contributed by atoms with E-state index in [-0.39, 0.29) is 0 Å². The lowest BCUT2D eigenvalue weighted by atomic mass is 9.79. The summed E-state index contributed by atoms with van der Waals surface area (Å²) < 4.78 is 0.